The molecule has 2 aromatic rings. The lowest BCUT2D eigenvalue weighted by Gasteiger charge is -2.18. The largest absolute Gasteiger partial charge is 0.481 e. The third-order valence-electron chi connectivity index (χ3n) is 3.19. The fourth-order valence-electron chi connectivity index (χ4n) is 2.11. The number of aromatic nitrogens is 2. The molecule has 0 saturated carbocycles. The van der Waals surface area contributed by atoms with Crippen LogP contribution in [0.2, 0.25) is 0 Å². The van der Waals surface area contributed by atoms with E-state index in [1.165, 1.54) is 0 Å². The predicted octanol–water partition coefficient (Wildman–Crippen LogP) is 2.77. The lowest BCUT2D eigenvalue weighted by atomic mass is 10.0. The fraction of sp³-hybridized carbons (Fsp3) is 0.385. The number of carbonyl (C=O) groups is 1. The van der Waals surface area contributed by atoms with Gasteiger partial charge in [-0.05, 0) is 12.1 Å². The maximum atomic E-state index is 12.9. The number of aryl methyl sites for hydroxylation is 1. The molecule has 2 rings (SSSR count). The Morgan fingerprint density at radius 2 is 2.05 bits per heavy atom. The van der Waals surface area contributed by atoms with Crippen LogP contribution in [0.15, 0.2) is 24.3 Å². The number of hydrogen-bond donors (Lipinski definition) is 1. The van der Waals surface area contributed by atoms with Gasteiger partial charge in [0.25, 0.3) is 0 Å². The zero-order valence-corrected chi connectivity index (χ0v) is 10.7. The number of aliphatic carboxylic acids is 1. The van der Waals surface area contributed by atoms with Gasteiger partial charge in [-0.1, -0.05) is 12.1 Å². The van der Waals surface area contributed by atoms with Gasteiger partial charge in [0.1, 0.15) is 5.82 Å². The molecule has 0 unspecified atom stereocenters. The van der Waals surface area contributed by atoms with Gasteiger partial charge >= 0.3 is 12.1 Å². The Kier molecular flexibility index (Phi) is 3.69. The van der Waals surface area contributed by atoms with Crippen LogP contribution in [0.3, 0.4) is 0 Å². The predicted molar refractivity (Wildman–Crippen MR) is 66.2 cm³/mol. The summed E-state index contributed by atoms with van der Waals surface area (Å²) in [5.74, 6) is -3.17. The zero-order chi connectivity index (χ0) is 14.9. The molecule has 1 aromatic carbocycles. The number of halogens is 3. The number of carboxylic acid groups (broad SMARTS) is 1. The zero-order valence-electron chi connectivity index (χ0n) is 10.7. The van der Waals surface area contributed by atoms with Gasteiger partial charge in [0.2, 0.25) is 0 Å². The fourth-order valence-corrected chi connectivity index (χ4v) is 2.11. The Hall–Kier alpha value is -2.05. The molecular weight excluding hydrogens is 273 g/mol. The number of para-hydroxylation sites is 2. The van der Waals surface area contributed by atoms with Crippen LogP contribution in [0.4, 0.5) is 13.2 Å². The molecule has 4 nitrogen and oxygen atoms in total. The van der Waals surface area contributed by atoms with E-state index in [2.05, 4.69) is 4.98 Å². The van der Waals surface area contributed by atoms with E-state index in [4.69, 9.17) is 5.11 Å². The number of fused-ring (bicyclic) bond motifs is 1. The number of carboxylic acids is 1. The number of hydrogen-bond acceptors (Lipinski definition) is 2. The van der Waals surface area contributed by atoms with Crippen LogP contribution in [0.25, 0.3) is 11.0 Å². The maximum absolute atomic E-state index is 12.9. The number of rotatable bonds is 4. The monoisotopic (exact) mass is 286 g/mol. The first-order valence-electron chi connectivity index (χ1n) is 5.98. The van der Waals surface area contributed by atoms with Crippen LogP contribution < -0.4 is 0 Å². The number of alkyl halides is 3. The average molecular weight is 286 g/mol. The smallest absolute Gasteiger partial charge is 0.392 e. The van der Waals surface area contributed by atoms with Gasteiger partial charge in [0.05, 0.1) is 23.4 Å². The summed E-state index contributed by atoms with van der Waals surface area (Å²) in [7, 11) is 1.62. The highest BCUT2D eigenvalue weighted by atomic mass is 19.4. The lowest BCUT2D eigenvalue weighted by Crippen LogP contribution is -2.28. The quantitative estimate of drug-likeness (QED) is 0.940. The highest BCUT2D eigenvalue weighted by Crippen LogP contribution is 2.32. The molecule has 1 atom stereocenters. The SMILES string of the molecule is Cn1c(C[C@H](CC(=O)O)C(F)(F)F)nc2ccccc21. The molecule has 0 aliphatic heterocycles. The van der Waals surface area contributed by atoms with Gasteiger partial charge in [-0.2, -0.15) is 13.2 Å². The van der Waals surface area contributed by atoms with Gasteiger partial charge in [0.15, 0.2) is 0 Å². The molecule has 1 N–H and O–H groups in total. The number of imidazole rings is 1. The summed E-state index contributed by atoms with van der Waals surface area (Å²) in [6, 6.07) is 6.98. The number of benzene rings is 1. The van der Waals surface area contributed by atoms with Crippen LogP contribution in [0.5, 0.6) is 0 Å². The van der Waals surface area contributed by atoms with Crippen LogP contribution >= 0.6 is 0 Å². The van der Waals surface area contributed by atoms with E-state index in [-0.39, 0.29) is 5.82 Å². The molecule has 0 aliphatic carbocycles. The van der Waals surface area contributed by atoms with E-state index >= 15 is 0 Å². The molecule has 0 aliphatic rings. The van der Waals surface area contributed by atoms with Gasteiger partial charge < -0.3 is 9.67 Å². The van der Waals surface area contributed by atoms with Crippen molar-refractivity contribution in [2.24, 2.45) is 13.0 Å². The van der Waals surface area contributed by atoms with Crippen molar-refractivity contribution in [3.63, 3.8) is 0 Å². The van der Waals surface area contributed by atoms with E-state index < -0.39 is 30.9 Å². The van der Waals surface area contributed by atoms with Crippen molar-refractivity contribution in [3.05, 3.63) is 30.1 Å². The highest BCUT2D eigenvalue weighted by molar-refractivity contribution is 5.75. The minimum Gasteiger partial charge on any atom is -0.481 e. The normalized spacial score (nSPS) is 13.6. The van der Waals surface area contributed by atoms with Crippen molar-refractivity contribution >= 4 is 17.0 Å². The Morgan fingerprint density at radius 1 is 1.40 bits per heavy atom. The first-order valence-corrected chi connectivity index (χ1v) is 5.98. The van der Waals surface area contributed by atoms with Crippen LogP contribution in [0.1, 0.15) is 12.2 Å². The molecule has 0 radical (unpaired) electrons. The van der Waals surface area contributed by atoms with Crippen LogP contribution in [-0.2, 0) is 18.3 Å². The summed E-state index contributed by atoms with van der Waals surface area (Å²) in [4.78, 5) is 14.7. The second kappa shape index (κ2) is 5.15. The Morgan fingerprint density at radius 3 is 2.60 bits per heavy atom. The molecular formula is C13H13F3N2O2. The van der Waals surface area contributed by atoms with E-state index in [0.29, 0.717) is 5.52 Å². The highest BCUT2D eigenvalue weighted by Gasteiger charge is 2.41. The molecule has 20 heavy (non-hydrogen) atoms. The first kappa shape index (κ1) is 14.4. The summed E-state index contributed by atoms with van der Waals surface area (Å²) in [5, 5.41) is 8.61. The molecule has 0 spiro atoms. The van der Waals surface area contributed by atoms with E-state index in [9.17, 15) is 18.0 Å². The molecule has 1 heterocycles. The number of nitrogens with zero attached hydrogens (tertiary/aromatic N) is 2. The molecule has 0 saturated heterocycles. The van der Waals surface area contributed by atoms with E-state index in [1.54, 1.807) is 35.9 Å². The summed E-state index contributed by atoms with van der Waals surface area (Å²) < 4.78 is 40.1. The third kappa shape index (κ3) is 2.92. The topological polar surface area (TPSA) is 55.1 Å². The van der Waals surface area contributed by atoms with Crippen molar-refractivity contribution in [3.8, 4) is 0 Å². The molecule has 1 aromatic heterocycles. The summed E-state index contributed by atoms with van der Waals surface area (Å²) in [6.07, 6.45) is -5.95. The van der Waals surface area contributed by atoms with Gasteiger partial charge in [0, 0.05) is 13.5 Å². The van der Waals surface area contributed by atoms with Gasteiger partial charge in [-0.25, -0.2) is 4.98 Å². The van der Waals surface area contributed by atoms with Crippen molar-refractivity contribution in [1.82, 2.24) is 9.55 Å². The van der Waals surface area contributed by atoms with Crippen molar-refractivity contribution < 1.29 is 23.1 Å². The first-order chi connectivity index (χ1) is 9.29. The minimum atomic E-state index is -4.56. The summed E-state index contributed by atoms with van der Waals surface area (Å²) in [5.41, 5.74) is 1.32. The Bertz CT molecular complexity index is 634. The molecule has 0 fully saturated rings. The third-order valence-corrected chi connectivity index (χ3v) is 3.19. The molecule has 108 valence electrons. The lowest BCUT2D eigenvalue weighted by molar-refractivity contribution is -0.183. The average Bonchev–Trinajstić information content (AvgIpc) is 2.65. The maximum Gasteiger partial charge on any atom is 0.392 e. The minimum absolute atomic E-state index is 0.231. The van der Waals surface area contributed by atoms with Gasteiger partial charge in [-0.15, -0.1) is 0 Å². The molecule has 7 heteroatoms. The summed E-state index contributed by atoms with van der Waals surface area (Å²) >= 11 is 0. The second-order valence-electron chi connectivity index (χ2n) is 4.62. The Labute approximate surface area is 112 Å². The van der Waals surface area contributed by atoms with Crippen molar-refractivity contribution in [2.75, 3.05) is 0 Å². The van der Waals surface area contributed by atoms with E-state index in [0.717, 1.165) is 5.52 Å². The van der Waals surface area contributed by atoms with Crippen LogP contribution in [0, 0.1) is 5.92 Å². The van der Waals surface area contributed by atoms with Crippen LogP contribution in [-0.4, -0.2) is 26.8 Å². The standard InChI is InChI=1S/C13H13F3N2O2/c1-18-10-5-3-2-4-9(10)17-11(18)6-8(7-12(19)20)13(14,15)16/h2-5,8H,6-7H2,1H3,(H,19,20)/t8-/m1/s1. The van der Waals surface area contributed by atoms with E-state index in [1.807, 2.05) is 0 Å². The summed E-state index contributed by atoms with van der Waals surface area (Å²) in [6.45, 7) is 0. The molecule has 0 bridgehead atoms. The van der Waals surface area contributed by atoms with Crippen molar-refractivity contribution in [1.29, 1.82) is 0 Å². The molecule has 0 amide bonds. The Balaban J connectivity index is 2.33. The second-order valence-corrected chi connectivity index (χ2v) is 4.62. The van der Waals surface area contributed by atoms with Crippen molar-refractivity contribution in [2.45, 2.75) is 19.0 Å². The van der Waals surface area contributed by atoms with Gasteiger partial charge in [-0.3, -0.25) is 4.79 Å².